The number of carbonyl (C=O) groups is 2. The van der Waals surface area contributed by atoms with Crippen LogP contribution in [-0.4, -0.2) is 18.0 Å². The molecule has 3 aromatic rings. The molecule has 0 aliphatic heterocycles. The summed E-state index contributed by atoms with van der Waals surface area (Å²) in [6.45, 7) is 0.126. The molecule has 0 spiro atoms. The van der Waals surface area contributed by atoms with Gasteiger partial charge in [0, 0.05) is 31.9 Å². The molecule has 0 aliphatic rings. The van der Waals surface area contributed by atoms with Gasteiger partial charge in [-0.25, -0.2) is 5.43 Å². The van der Waals surface area contributed by atoms with E-state index >= 15 is 0 Å². The zero-order valence-electron chi connectivity index (χ0n) is 18.2. The third-order valence-corrected chi connectivity index (χ3v) is 5.38. The molecule has 3 rings (SSSR count). The fourth-order valence-electron chi connectivity index (χ4n) is 2.88. The highest BCUT2D eigenvalue weighted by Crippen LogP contribution is 2.30. The van der Waals surface area contributed by atoms with Crippen LogP contribution in [-0.2, 0) is 22.4 Å². The Bertz CT molecular complexity index is 1300. The lowest BCUT2D eigenvalue weighted by molar-refractivity contribution is -0.137. The lowest BCUT2D eigenvalue weighted by Crippen LogP contribution is -2.24. The molecule has 2 amide bonds. The summed E-state index contributed by atoms with van der Waals surface area (Å²) in [5, 5.41) is 7.35. The van der Waals surface area contributed by atoms with Crippen molar-refractivity contribution < 1.29 is 27.5 Å². The zero-order chi connectivity index (χ0) is 26.3. The second-order valence-electron chi connectivity index (χ2n) is 7.30. The molecular weight excluding hydrogens is 542 g/mol. The molecule has 0 unspecified atom stereocenters. The first-order chi connectivity index (χ1) is 17.0. The monoisotopic (exact) mass is 557 g/mol. The maximum absolute atomic E-state index is 12.8. The van der Waals surface area contributed by atoms with Gasteiger partial charge in [-0.05, 0) is 48.5 Å². The van der Waals surface area contributed by atoms with Gasteiger partial charge < -0.3 is 10.1 Å². The molecule has 0 saturated carbocycles. The smallest absolute Gasteiger partial charge is 0.416 e. The van der Waals surface area contributed by atoms with Crippen molar-refractivity contribution in [2.24, 2.45) is 5.10 Å². The van der Waals surface area contributed by atoms with Crippen molar-refractivity contribution in [3.8, 4) is 5.75 Å². The molecule has 6 nitrogen and oxygen atoms in total. The minimum Gasteiger partial charge on any atom is -0.488 e. The summed E-state index contributed by atoms with van der Waals surface area (Å²) >= 11 is 18.1. The van der Waals surface area contributed by atoms with E-state index in [2.05, 4.69) is 15.8 Å². The first kappa shape index (κ1) is 27.3. The minimum atomic E-state index is -4.56. The minimum absolute atomic E-state index is 0.0902. The summed E-state index contributed by atoms with van der Waals surface area (Å²) in [6.07, 6.45) is -3.95. The molecule has 2 N–H and O–H groups in total. The first-order valence-electron chi connectivity index (χ1n) is 10.2. The number of nitrogens with one attached hydrogen (secondary N) is 2. The van der Waals surface area contributed by atoms with Crippen LogP contribution in [0.3, 0.4) is 0 Å². The average molecular weight is 559 g/mol. The van der Waals surface area contributed by atoms with Gasteiger partial charge in [0.25, 0.3) is 0 Å². The Kier molecular flexibility index (Phi) is 9.19. The SMILES string of the molecule is O=C(CC(=O)Nc1cccc(C(F)(F)F)c1)NN=Cc1cc(Cl)ccc1OCc1ccc(Cl)cc1Cl. The lowest BCUT2D eigenvalue weighted by Gasteiger charge is -2.11. The fraction of sp³-hybridized carbons (Fsp3) is 0.125. The van der Waals surface area contributed by atoms with Gasteiger partial charge in [-0.15, -0.1) is 0 Å². The Hall–Kier alpha value is -3.27. The van der Waals surface area contributed by atoms with E-state index in [9.17, 15) is 22.8 Å². The predicted octanol–water partition coefficient (Wildman–Crippen LogP) is 6.72. The van der Waals surface area contributed by atoms with E-state index < -0.39 is 30.0 Å². The van der Waals surface area contributed by atoms with Gasteiger partial charge in [0.15, 0.2) is 0 Å². The quantitative estimate of drug-likeness (QED) is 0.183. The number of hydrogen-bond donors (Lipinski definition) is 2. The molecule has 0 aromatic heterocycles. The molecule has 36 heavy (non-hydrogen) atoms. The highest BCUT2D eigenvalue weighted by molar-refractivity contribution is 6.35. The van der Waals surface area contributed by atoms with Crippen LogP contribution in [0.2, 0.25) is 15.1 Å². The van der Waals surface area contributed by atoms with Crippen LogP contribution in [0.4, 0.5) is 18.9 Å². The van der Waals surface area contributed by atoms with E-state index in [0.717, 1.165) is 18.2 Å². The summed E-state index contributed by atoms with van der Waals surface area (Å²) in [4.78, 5) is 24.1. The second kappa shape index (κ2) is 12.1. The van der Waals surface area contributed by atoms with Crippen molar-refractivity contribution in [3.05, 3.63) is 92.4 Å². The van der Waals surface area contributed by atoms with Gasteiger partial charge in [-0.3, -0.25) is 9.59 Å². The molecule has 12 heteroatoms. The maximum Gasteiger partial charge on any atom is 0.416 e. The normalized spacial score (nSPS) is 11.4. The summed E-state index contributed by atoms with van der Waals surface area (Å²) in [6, 6.07) is 13.8. The third kappa shape index (κ3) is 8.15. The Morgan fingerprint density at radius 3 is 2.39 bits per heavy atom. The molecule has 0 fully saturated rings. The Balaban J connectivity index is 1.57. The largest absolute Gasteiger partial charge is 0.488 e. The van der Waals surface area contributed by atoms with Crippen molar-refractivity contribution in [1.82, 2.24) is 5.43 Å². The highest BCUT2D eigenvalue weighted by Gasteiger charge is 2.30. The summed E-state index contributed by atoms with van der Waals surface area (Å²) in [5.74, 6) is -1.20. The van der Waals surface area contributed by atoms with Crippen molar-refractivity contribution in [3.63, 3.8) is 0 Å². The van der Waals surface area contributed by atoms with Crippen molar-refractivity contribution in [2.45, 2.75) is 19.2 Å². The zero-order valence-corrected chi connectivity index (χ0v) is 20.5. The van der Waals surface area contributed by atoms with Crippen molar-refractivity contribution >= 4 is 58.5 Å². The summed E-state index contributed by atoms with van der Waals surface area (Å²) in [5.41, 5.74) is 2.29. The Morgan fingerprint density at radius 1 is 0.944 bits per heavy atom. The van der Waals surface area contributed by atoms with Gasteiger partial charge in [0.05, 0.1) is 11.8 Å². The predicted molar refractivity (Wildman–Crippen MR) is 133 cm³/mol. The van der Waals surface area contributed by atoms with Crippen LogP contribution in [0, 0.1) is 0 Å². The van der Waals surface area contributed by atoms with Crippen LogP contribution in [0.25, 0.3) is 0 Å². The fourth-order valence-corrected chi connectivity index (χ4v) is 3.53. The van der Waals surface area contributed by atoms with Gasteiger partial charge in [-0.2, -0.15) is 18.3 Å². The molecular formula is C24H17Cl3F3N3O3. The van der Waals surface area contributed by atoms with E-state index in [1.807, 2.05) is 0 Å². The van der Waals surface area contributed by atoms with Gasteiger partial charge in [0.2, 0.25) is 11.8 Å². The van der Waals surface area contributed by atoms with E-state index in [1.165, 1.54) is 12.3 Å². The Morgan fingerprint density at radius 2 is 1.67 bits per heavy atom. The number of anilines is 1. The lowest BCUT2D eigenvalue weighted by atomic mass is 10.2. The van der Waals surface area contributed by atoms with E-state index in [1.54, 1.807) is 36.4 Å². The van der Waals surface area contributed by atoms with Gasteiger partial charge in [-0.1, -0.05) is 46.9 Å². The number of ether oxygens (including phenoxy) is 1. The molecule has 3 aromatic carbocycles. The van der Waals surface area contributed by atoms with Gasteiger partial charge >= 0.3 is 6.18 Å². The number of alkyl halides is 3. The number of nitrogens with zero attached hydrogens (tertiary/aromatic N) is 1. The van der Waals surface area contributed by atoms with Crippen LogP contribution in [0.15, 0.2) is 65.8 Å². The molecule has 188 valence electrons. The third-order valence-electron chi connectivity index (χ3n) is 4.56. The summed E-state index contributed by atoms with van der Waals surface area (Å²) < 4.78 is 44.2. The van der Waals surface area contributed by atoms with E-state index in [-0.39, 0.29) is 12.3 Å². The van der Waals surface area contributed by atoms with Gasteiger partial charge in [0.1, 0.15) is 18.8 Å². The van der Waals surface area contributed by atoms with Crippen molar-refractivity contribution in [1.29, 1.82) is 0 Å². The molecule has 0 aliphatic carbocycles. The number of hydrazone groups is 1. The van der Waals surface area contributed by atoms with E-state index in [4.69, 9.17) is 39.5 Å². The number of halogens is 6. The molecule has 0 atom stereocenters. The van der Waals surface area contributed by atoms with Crippen LogP contribution in [0.1, 0.15) is 23.1 Å². The van der Waals surface area contributed by atoms with Crippen molar-refractivity contribution in [2.75, 3.05) is 5.32 Å². The average Bonchev–Trinajstić information content (AvgIpc) is 2.79. The summed E-state index contributed by atoms with van der Waals surface area (Å²) in [7, 11) is 0. The van der Waals surface area contributed by atoms with Crippen LogP contribution < -0.4 is 15.5 Å². The van der Waals surface area contributed by atoms with E-state index in [0.29, 0.717) is 31.9 Å². The Labute approximate surface area is 219 Å². The topological polar surface area (TPSA) is 79.8 Å². The first-order valence-corrected chi connectivity index (χ1v) is 11.3. The highest BCUT2D eigenvalue weighted by atomic mass is 35.5. The standard InChI is InChI=1S/C24H17Cl3F3N3O3/c25-17-6-7-21(36-13-14-4-5-18(26)10-20(14)27)15(8-17)12-31-33-23(35)11-22(34)32-19-3-1-2-16(9-19)24(28,29)30/h1-10,12H,11,13H2,(H,32,34)(H,33,35). The molecule has 0 bridgehead atoms. The second-order valence-corrected chi connectivity index (χ2v) is 8.58. The molecule has 0 heterocycles. The molecule has 0 saturated heterocycles. The maximum atomic E-state index is 12.8. The number of rotatable bonds is 8. The number of benzene rings is 3. The number of amides is 2. The number of carbonyl (C=O) groups excluding carboxylic acids is 2. The van der Waals surface area contributed by atoms with Crippen LogP contribution in [0.5, 0.6) is 5.75 Å². The number of hydrogen-bond acceptors (Lipinski definition) is 4. The molecule has 0 radical (unpaired) electrons. The van der Waals surface area contributed by atoms with Crippen LogP contribution >= 0.6 is 34.8 Å².